The molecule has 0 saturated heterocycles. The van der Waals surface area contributed by atoms with Crippen molar-refractivity contribution in [3.63, 3.8) is 0 Å². The zero-order valence-corrected chi connectivity index (χ0v) is 88.9. The number of nitrogens with one attached hydrogen (secondary N) is 3. The zero-order chi connectivity index (χ0) is 103. The number of aliphatic carboxylic acids is 2. The molecule has 30 nitrogen and oxygen atoms in total. The van der Waals surface area contributed by atoms with Crippen molar-refractivity contribution >= 4 is 163 Å². The average molecular weight is 1980 g/mol. The van der Waals surface area contributed by atoms with E-state index in [-0.39, 0.29) is 154 Å². The van der Waals surface area contributed by atoms with E-state index < -0.39 is 68.5 Å². The van der Waals surface area contributed by atoms with Crippen molar-refractivity contribution in [1.82, 2.24) is 31.1 Å². The lowest BCUT2D eigenvalue weighted by molar-refractivity contribution is -0.386. The molecule has 0 fully saturated rings. The predicted octanol–water partition coefficient (Wildman–Crippen LogP) is 16.4. The van der Waals surface area contributed by atoms with Gasteiger partial charge in [0, 0.05) is 93.5 Å². The van der Waals surface area contributed by atoms with Gasteiger partial charge >= 0.3 is 11.9 Å². The zero-order valence-electron chi connectivity index (χ0n) is 82.7. The van der Waals surface area contributed by atoms with Gasteiger partial charge in [0.05, 0.1) is 45.6 Å². The van der Waals surface area contributed by atoms with E-state index in [4.69, 9.17) is 60.0 Å². The number of ketones is 7. The van der Waals surface area contributed by atoms with Crippen LogP contribution in [0.25, 0.3) is 0 Å². The Morgan fingerprint density at radius 2 is 0.862 bits per heavy atom. The van der Waals surface area contributed by atoms with Crippen LogP contribution < -0.4 is 44.6 Å². The molecule has 5 unspecified atom stereocenters. The molecule has 0 radical (unpaired) electrons. The number of hydrogen-bond donors (Lipinski definition) is 17. The number of nitrogens with zero attached hydrogens (tertiary/aromatic N) is 4. The Hall–Kier alpha value is -5.90. The number of carbonyl (C=O) groups excluding carboxylic acids is 10. The predicted molar refractivity (Wildman–Crippen MR) is 551 cm³/mol. The van der Waals surface area contributed by atoms with Gasteiger partial charge in [0.15, 0.2) is 22.5 Å². The van der Waals surface area contributed by atoms with Gasteiger partial charge in [-0.05, 0) is 173 Å². The van der Waals surface area contributed by atoms with Crippen LogP contribution in [0.15, 0.2) is 40.9 Å². The van der Waals surface area contributed by atoms with Gasteiger partial charge in [0.25, 0.3) is 5.69 Å². The Kier molecular flexibility index (Phi) is 73.5. The van der Waals surface area contributed by atoms with E-state index in [9.17, 15) is 67.6 Å². The second-order valence-electron chi connectivity index (χ2n) is 39.8. The number of thiol groups is 6. The Balaban J connectivity index is -0.000000182. The fraction of sp³-hybridized carbons (Fsp3) is 0.731. The van der Waals surface area contributed by atoms with Gasteiger partial charge in [-0.3, -0.25) is 63.0 Å². The molecule has 0 aromatic carbocycles. The van der Waals surface area contributed by atoms with Crippen LogP contribution in [-0.4, -0.2) is 185 Å². The number of Topliss-reactive ketones (excluding diaryl/α,β-unsaturated/α-hetero) is 7. The van der Waals surface area contributed by atoms with Crippen molar-refractivity contribution in [2.45, 2.75) is 414 Å². The summed E-state index contributed by atoms with van der Waals surface area (Å²) in [6.07, 6.45) is 6.60. The number of nitro groups is 1. The molecule has 756 valence electrons. The van der Waals surface area contributed by atoms with E-state index >= 15 is 0 Å². The number of aliphatic hydroxyl groups is 1. The molecule has 3 amide bonds. The molecule has 37 heteroatoms. The average Bonchev–Trinajstić information content (AvgIpc) is 0.948. The van der Waals surface area contributed by atoms with Gasteiger partial charge in [0.2, 0.25) is 17.7 Å². The topological polar surface area (TPSA) is 527 Å². The van der Waals surface area contributed by atoms with Crippen LogP contribution in [-0.2, 0) is 73.1 Å². The molecule has 0 saturated carbocycles. The van der Waals surface area contributed by atoms with Crippen LogP contribution in [0.4, 0.5) is 5.69 Å². The minimum Gasteiger partial charge on any atom is -0.480 e. The van der Waals surface area contributed by atoms with E-state index in [0.717, 1.165) is 36.6 Å². The van der Waals surface area contributed by atoms with Crippen molar-refractivity contribution < 1.29 is 82.2 Å². The first-order chi connectivity index (χ1) is 57.2. The number of aryl methyl sites for hydroxylation is 2. The number of halogens is 1. The fourth-order valence-corrected chi connectivity index (χ4v) is 11.3. The number of hydrogen-bond acceptors (Lipinski definition) is 30. The minimum atomic E-state index is -1.18. The van der Waals surface area contributed by atoms with E-state index in [1.54, 1.807) is 26.0 Å². The summed E-state index contributed by atoms with van der Waals surface area (Å²) in [7, 11) is 0. The summed E-state index contributed by atoms with van der Waals surface area (Å²) < 4.78 is 3.33. The highest BCUT2D eigenvalue weighted by Crippen LogP contribution is 2.33. The highest BCUT2D eigenvalue weighted by Gasteiger charge is 2.31. The van der Waals surface area contributed by atoms with Crippen LogP contribution in [0.2, 0.25) is 5.15 Å². The Bertz CT molecular complexity index is 3820. The molecular weight excluding hydrogens is 1800 g/mol. The molecule has 3 aromatic heterocycles. The molecule has 0 aliphatic heterocycles. The van der Waals surface area contributed by atoms with Gasteiger partial charge in [-0.25, -0.2) is 0 Å². The molecule has 0 bridgehead atoms. The number of aliphatic hydroxyl groups excluding tert-OH is 1. The Labute approximate surface area is 818 Å². The van der Waals surface area contributed by atoms with Gasteiger partial charge in [-0.15, -0.1) is 5.10 Å². The second-order valence-corrected chi connectivity index (χ2v) is 47.4. The van der Waals surface area contributed by atoms with Crippen molar-refractivity contribution in [2.75, 3.05) is 13.2 Å². The van der Waals surface area contributed by atoms with Gasteiger partial charge in [-0.2, -0.15) is 80.9 Å². The van der Waals surface area contributed by atoms with Crippen molar-refractivity contribution in [3.05, 3.63) is 80.3 Å². The number of carbonyl (C=O) groups is 12. The largest absolute Gasteiger partial charge is 0.480 e. The summed E-state index contributed by atoms with van der Waals surface area (Å²) in [6, 6.07) is 3.94. The van der Waals surface area contributed by atoms with Gasteiger partial charge < -0.3 is 73.9 Å². The maximum atomic E-state index is 12.2. The van der Waals surface area contributed by atoms with Crippen molar-refractivity contribution in [3.8, 4) is 0 Å². The van der Waals surface area contributed by atoms with Crippen LogP contribution in [0.3, 0.4) is 0 Å². The standard InChI is InChI=1S/C15H26N2O5S.C12H22N2O4S.C10H19NO2S.C10H16O.C9H17NO2S.C8H11ClN2.C8H10N2O2S.C7H15NOS.C6H15N.C6H14O.2CH4/c1-9(18)4-6-12(19)11(8-15(2,3)23)17-13(20)7-5-10(16)14(21)22;1-7(15)9(6-12(2,3)19)14-10(16)5-4-8(13)11(17)18;1-7(12)4-5-9(13)8(11)6-10(2,3)14;1-7-6-9(8(2)11-7)10(3,4)5;1-6(11)8(10-7(2)12)5-9(3,4)13;1-8(2,3)6-4-5-7(9)11-10-6;1-8(2,13)7-6(10(11)12)4-3-5-9-7;1-5(9)6(8)4-7(2,3)10;2*1-6(2,3)4-5-7;;/h10-11,23H,4-8,16H2,1-3H3,(H,17,20)(H,21,22);8-9,19H,4-6,13H2,1-3H3,(H,14,16)(H,17,18);8,14H,4-6,11H2,1-3H3;6H,1-5H3;8,13H,5H2,1-4H3,(H,10,12);4-5H,1-3H3;3-5,13H,1-2H3;6,10H,4,8H2,1-3H3;4-5,7H2,1-3H3;7H,4-5H2,1-3H3;2*1H4/t;;;;8-;;;6-;;;;/m....0..0..../s1. The SMILES string of the molecule is C.C.CC(=O)C(CC(C)(C)S)NC(=O)CCC(N)C(=O)O.CC(=O)CCC(=O)C(CC(C)(C)S)NC(=O)CCC(N)C(=O)O.CC(=O)CCC(=O)C(N)CC(C)(C)S.CC(=O)N[C@@H](CC(C)(C)S)C(C)=O.CC(=O)[C@@H](N)CC(C)(C)S.CC(C)(C)CCN.CC(C)(C)CCO.CC(C)(C)c1ccc(Cl)nn1.CC(C)(S)c1ncccc1[N+](=O)[O-].Cc1cc(C(C)(C)C)c(C)o1. The monoisotopic (exact) mass is 1970 g/mol. The van der Waals surface area contributed by atoms with Gasteiger partial charge in [0.1, 0.15) is 52.4 Å². The first kappa shape index (κ1) is 142. The first-order valence-corrected chi connectivity index (χ1v) is 45.5. The molecule has 3 rings (SSSR count). The minimum absolute atomic E-state index is 0. The summed E-state index contributed by atoms with van der Waals surface area (Å²) in [5.74, 6) is -1.79. The highest BCUT2D eigenvalue weighted by atomic mass is 35.5. The third-order valence-corrected chi connectivity index (χ3v) is 18.2. The lowest BCUT2D eigenvalue weighted by atomic mass is 9.87. The number of carboxylic acid groups (broad SMARTS) is 2. The quantitative estimate of drug-likeness (QED) is 0.0146. The summed E-state index contributed by atoms with van der Waals surface area (Å²) in [5.41, 5.74) is 30.8. The van der Waals surface area contributed by atoms with Gasteiger partial charge in [-0.1, -0.05) is 179 Å². The lowest BCUT2D eigenvalue weighted by Gasteiger charge is -2.25. The highest BCUT2D eigenvalue weighted by molar-refractivity contribution is 7.82. The summed E-state index contributed by atoms with van der Waals surface area (Å²) >= 11 is 31.4. The molecule has 3 aromatic rings. The number of aromatic nitrogens is 3. The maximum absolute atomic E-state index is 12.2. The Morgan fingerprint density at radius 3 is 1.10 bits per heavy atom. The molecule has 0 aliphatic carbocycles. The molecule has 3 heterocycles. The normalized spacial score (nSPS) is 13.0. The molecule has 0 aliphatic rings. The Morgan fingerprint density at radius 1 is 0.492 bits per heavy atom. The number of pyridine rings is 1. The second kappa shape index (κ2) is 67.3. The van der Waals surface area contributed by atoms with E-state index in [1.807, 2.05) is 89.2 Å². The fourth-order valence-electron chi connectivity index (χ4n) is 10.1. The summed E-state index contributed by atoms with van der Waals surface area (Å²) in [4.78, 5) is 148. The number of carboxylic acids is 2. The number of rotatable bonds is 36. The number of nitrogens with two attached hydrogens (primary N) is 5. The molecule has 7 atom stereocenters. The molecule has 16 N–H and O–H groups in total. The third-order valence-electron chi connectivity index (χ3n) is 16.9. The van der Waals surface area contributed by atoms with E-state index in [0.29, 0.717) is 66.8 Å². The van der Waals surface area contributed by atoms with Crippen molar-refractivity contribution in [1.29, 1.82) is 0 Å². The van der Waals surface area contributed by atoms with Crippen LogP contribution >= 0.6 is 87.4 Å². The van der Waals surface area contributed by atoms with E-state index in [1.165, 1.54) is 59.4 Å². The number of amides is 3. The lowest BCUT2D eigenvalue weighted by Crippen LogP contribution is -2.44. The van der Waals surface area contributed by atoms with Crippen LogP contribution in [0.5, 0.6) is 0 Å². The molecular formula is C93H173ClN12O18S6. The first-order valence-electron chi connectivity index (χ1n) is 42.4. The van der Waals surface area contributed by atoms with Crippen LogP contribution in [0, 0.1) is 34.8 Å². The summed E-state index contributed by atoms with van der Waals surface area (Å²) in [5, 5.41) is 52.2. The smallest absolute Gasteiger partial charge is 0.320 e. The third kappa shape index (κ3) is 88.7. The summed E-state index contributed by atoms with van der Waals surface area (Å²) in [6.45, 7) is 62.0. The molecule has 0 spiro atoms. The molecule has 130 heavy (non-hydrogen) atoms. The van der Waals surface area contributed by atoms with E-state index in [2.05, 4.69) is 196 Å². The van der Waals surface area contributed by atoms with Crippen LogP contribution in [0.1, 0.15) is 347 Å². The number of furan rings is 1. The van der Waals surface area contributed by atoms with Crippen molar-refractivity contribution in [2.24, 2.45) is 39.5 Å². The maximum Gasteiger partial charge on any atom is 0.320 e.